The van der Waals surface area contributed by atoms with Gasteiger partial charge in [0.1, 0.15) is 11.5 Å². The topological polar surface area (TPSA) is 110 Å². The van der Waals surface area contributed by atoms with E-state index >= 15 is 0 Å². The van der Waals surface area contributed by atoms with Gasteiger partial charge in [-0.2, -0.15) is 5.10 Å². The molecule has 1 atom stereocenters. The average molecular weight is 550 g/mol. The Kier molecular flexibility index (Phi) is 7.40. The van der Waals surface area contributed by atoms with Crippen molar-refractivity contribution < 1.29 is 17.9 Å². The molecule has 3 aromatic heterocycles. The molecule has 2 fully saturated rings. The molecule has 2 aliphatic rings. The molecule has 9 nitrogen and oxygen atoms in total. The lowest BCUT2D eigenvalue weighted by atomic mass is 9.80. The minimum absolute atomic E-state index is 0.174. The number of aromatic amines is 1. The number of sulfonamides is 1. The molecule has 0 bridgehead atoms. The number of nitrogens with zero attached hydrogens (tertiary/aromatic N) is 4. The molecule has 1 saturated heterocycles. The summed E-state index contributed by atoms with van der Waals surface area (Å²) in [6.07, 6.45) is 10.9. The van der Waals surface area contributed by atoms with Gasteiger partial charge in [-0.3, -0.25) is 5.10 Å². The Morgan fingerprint density at radius 1 is 0.974 bits per heavy atom. The fraction of sp³-hybridized carbons (Fsp3) is 0.483. The van der Waals surface area contributed by atoms with E-state index in [2.05, 4.69) is 20.2 Å². The first-order valence-corrected chi connectivity index (χ1v) is 15.4. The van der Waals surface area contributed by atoms with Crippen LogP contribution in [0.1, 0.15) is 50.1 Å². The van der Waals surface area contributed by atoms with Crippen molar-refractivity contribution in [3.05, 3.63) is 54.6 Å². The number of hydrogen-bond acceptors (Lipinski definition) is 7. The smallest absolute Gasteiger partial charge is 0.214 e. The third-order valence-corrected chi connectivity index (χ3v) is 10.4. The monoisotopic (exact) mass is 549 g/mol. The second-order valence-electron chi connectivity index (χ2n) is 10.9. The number of piperidine rings is 1. The number of ether oxygens (including phenoxy) is 2. The van der Waals surface area contributed by atoms with Gasteiger partial charge in [0.2, 0.25) is 10.0 Å². The van der Waals surface area contributed by atoms with Crippen LogP contribution in [0.2, 0.25) is 0 Å². The van der Waals surface area contributed by atoms with Gasteiger partial charge in [0.05, 0.1) is 25.7 Å². The molecule has 1 unspecified atom stereocenters. The fourth-order valence-electron chi connectivity index (χ4n) is 6.22. The van der Waals surface area contributed by atoms with E-state index in [9.17, 15) is 8.42 Å². The van der Waals surface area contributed by atoms with Crippen LogP contribution >= 0.6 is 0 Å². The van der Waals surface area contributed by atoms with Crippen molar-refractivity contribution in [3.63, 3.8) is 0 Å². The first-order valence-electron chi connectivity index (χ1n) is 13.8. The third kappa shape index (κ3) is 5.58. The lowest BCUT2D eigenvalue weighted by Gasteiger charge is -2.34. The van der Waals surface area contributed by atoms with Gasteiger partial charge in [0, 0.05) is 59.2 Å². The summed E-state index contributed by atoms with van der Waals surface area (Å²) < 4.78 is 39.7. The minimum Gasteiger partial charge on any atom is -0.497 e. The minimum atomic E-state index is -3.32. The molecule has 0 radical (unpaired) electrons. The zero-order valence-corrected chi connectivity index (χ0v) is 23.1. The van der Waals surface area contributed by atoms with Crippen LogP contribution in [0.3, 0.4) is 0 Å². The molecule has 10 heteroatoms. The van der Waals surface area contributed by atoms with E-state index in [1.807, 2.05) is 42.7 Å². The van der Waals surface area contributed by atoms with E-state index < -0.39 is 10.0 Å². The molecule has 206 valence electrons. The van der Waals surface area contributed by atoms with Gasteiger partial charge in [-0.1, -0.05) is 0 Å². The molecule has 39 heavy (non-hydrogen) atoms. The van der Waals surface area contributed by atoms with E-state index in [1.165, 1.54) is 0 Å². The average Bonchev–Trinajstić information content (AvgIpc) is 3.46. The van der Waals surface area contributed by atoms with Gasteiger partial charge in [0.15, 0.2) is 5.65 Å². The number of pyridine rings is 1. The van der Waals surface area contributed by atoms with Crippen molar-refractivity contribution >= 4 is 31.8 Å². The van der Waals surface area contributed by atoms with Gasteiger partial charge in [0.25, 0.3) is 0 Å². The van der Waals surface area contributed by atoms with Crippen molar-refractivity contribution in [2.75, 3.05) is 32.6 Å². The molecule has 1 saturated carbocycles. The molecule has 4 heterocycles. The Bertz CT molecular complexity index is 1530. The molecule has 1 aromatic carbocycles. The number of methoxy groups -OCH3 is 1. The van der Waals surface area contributed by atoms with Crippen LogP contribution in [0, 0.1) is 11.8 Å². The number of H-pyrrole nitrogens is 1. The normalized spacial score (nSPS) is 22.7. The van der Waals surface area contributed by atoms with Crippen LogP contribution in [-0.2, 0) is 10.0 Å². The van der Waals surface area contributed by atoms with Gasteiger partial charge in [-0.25, -0.2) is 22.7 Å². The first-order chi connectivity index (χ1) is 19.0. The largest absolute Gasteiger partial charge is 0.497 e. The maximum absolute atomic E-state index is 13.4. The summed E-state index contributed by atoms with van der Waals surface area (Å²) in [4.78, 5) is 8.80. The first kappa shape index (κ1) is 26.0. The Labute approximate surface area is 229 Å². The molecular weight excluding hydrogens is 514 g/mol. The Hall–Kier alpha value is -3.24. The molecule has 0 spiro atoms. The van der Waals surface area contributed by atoms with E-state index in [0.29, 0.717) is 25.6 Å². The number of fused-ring (bicyclic) bond motifs is 3. The van der Waals surface area contributed by atoms with Crippen molar-refractivity contribution in [1.29, 1.82) is 0 Å². The summed E-state index contributed by atoms with van der Waals surface area (Å²) in [7, 11) is -1.69. The Morgan fingerprint density at radius 3 is 2.56 bits per heavy atom. The summed E-state index contributed by atoms with van der Waals surface area (Å²) in [6, 6.07) is 9.51. The van der Waals surface area contributed by atoms with Gasteiger partial charge < -0.3 is 9.47 Å². The van der Waals surface area contributed by atoms with Crippen molar-refractivity contribution in [3.8, 4) is 11.5 Å². The maximum atomic E-state index is 13.4. The molecule has 1 aliphatic carbocycles. The van der Waals surface area contributed by atoms with E-state index in [4.69, 9.17) is 9.47 Å². The number of benzene rings is 1. The predicted molar refractivity (Wildman–Crippen MR) is 150 cm³/mol. The highest BCUT2D eigenvalue weighted by atomic mass is 32.2. The quantitative estimate of drug-likeness (QED) is 0.333. The number of aromatic nitrogens is 4. The third-order valence-electron chi connectivity index (χ3n) is 8.34. The summed E-state index contributed by atoms with van der Waals surface area (Å²) in [5, 5.41) is 10.8. The van der Waals surface area contributed by atoms with Crippen LogP contribution in [0.4, 0.5) is 0 Å². The van der Waals surface area contributed by atoms with Gasteiger partial charge in [-0.15, -0.1) is 0 Å². The highest BCUT2D eigenvalue weighted by molar-refractivity contribution is 7.89. The van der Waals surface area contributed by atoms with Crippen molar-refractivity contribution in [2.24, 2.45) is 11.8 Å². The van der Waals surface area contributed by atoms with Crippen LogP contribution in [0.5, 0.6) is 11.5 Å². The van der Waals surface area contributed by atoms with Crippen molar-refractivity contribution in [1.82, 2.24) is 24.5 Å². The van der Waals surface area contributed by atoms with Crippen LogP contribution in [0.15, 0.2) is 48.9 Å². The summed E-state index contributed by atoms with van der Waals surface area (Å²) in [5.74, 6) is 2.47. The second kappa shape index (κ2) is 11.1. The number of rotatable bonds is 8. The Morgan fingerprint density at radius 2 is 1.77 bits per heavy atom. The second-order valence-corrected chi connectivity index (χ2v) is 12.9. The van der Waals surface area contributed by atoms with Crippen LogP contribution in [-0.4, -0.2) is 65.4 Å². The molecule has 6 rings (SSSR count). The Balaban J connectivity index is 1.05. The zero-order chi connectivity index (χ0) is 26.8. The molecule has 1 aliphatic heterocycles. The molecule has 4 aromatic rings. The van der Waals surface area contributed by atoms with E-state index in [1.54, 1.807) is 17.6 Å². The summed E-state index contributed by atoms with van der Waals surface area (Å²) >= 11 is 0. The van der Waals surface area contributed by atoms with Crippen LogP contribution < -0.4 is 9.47 Å². The summed E-state index contributed by atoms with van der Waals surface area (Å²) in [6.45, 7) is 1.65. The predicted octanol–water partition coefficient (Wildman–Crippen LogP) is 4.91. The SMILES string of the molecule is COc1ccc(OCC2CCCN(S(=O)(=O)CC3CCC(c4[nH]ncc5cnc6nccc6c45)CC3)C2)cc1. The molecular formula is C29H35N5O4S. The van der Waals surface area contributed by atoms with Crippen LogP contribution in [0.25, 0.3) is 21.8 Å². The lowest BCUT2D eigenvalue weighted by Crippen LogP contribution is -2.43. The zero-order valence-electron chi connectivity index (χ0n) is 22.3. The standard InChI is InChI=1S/C29H35N5O4S/c1-37-24-8-10-25(11-9-24)38-18-21-3-2-14-34(17-21)39(35,36)19-20-4-6-22(7-5-20)28-27-23(16-32-33-28)15-31-29-26(27)12-13-30-29/h8-13,15-16,20-22,33H,2-7,14,17-19H2,1H3. The summed E-state index contributed by atoms with van der Waals surface area (Å²) in [5.41, 5.74) is 1.86. The molecule has 1 N–H and O–H groups in total. The van der Waals surface area contributed by atoms with Gasteiger partial charge in [-0.05, 0) is 74.8 Å². The number of hydrogen-bond donors (Lipinski definition) is 1. The van der Waals surface area contributed by atoms with Gasteiger partial charge >= 0.3 is 0 Å². The highest BCUT2D eigenvalue weighted by Crippen LogP contribution is 2.39. The lowest BCUT2D eigenvalue weighted by molar-refractivity contribution is 0.179. The highest BCUT2D eigenvalue weighted by Gasteiger charge is 2.33. The van der Waals surface area contributed by atoms with E-state index in [-0.39, 0.29) is 17.6 Å². The van der Waals surface area contributed by atoms with E-state index in [0.717, 1.165) is 77.5 Å². The number of nitrogens with one attached hydrogen (secondary N) is 1. The maximum Gasteiger partial charge on any atom is 0.214 e. The fourth-order valence-corrected chi connectivity index (χ4v) is 8.20. The van der Waals surface area contributed by atoms with Crippen molar-refractivity contribution in [2.45, 2.75) is 44.4 Å². The molecule has 0 amide bonds.